The van der Waals surface area contributed by atoms with Crippen LogP contribution in [0.5, 0.6) is 0 Å². The van der Waals surface area contributed by atoms with Gasteiger partial charge in [0.2, 0.25) is 5.91 Å². The summed E-state index contributed by atoms with van der Waals surface area (Å²) in [5, 5.41) is 11.7. The van der Waals surface area contributed by atoms with E-state index in [1.807, 2.05) is 11.8 Å². The van der Waals surface area contributed by atoms with Crippen molar-refractivity contribution >= 4 is 27.5 Å². The number of benzene rings is 1. The van der Waals surface area contributed by atoms with Crippen molar-refractivity contribution in [2.45, 2.75) is 19.1 Å². The molecular weight excluding hydrogens is 343 g/mol. The van der Waals surface area contributed by atoms with E-state index in [0.29, 0.717) is 17.6 Å². The van der Waals surface area contributed by atoms with Gasteiger partial charge in [-0.3, -0.25) is 9.69 Å². The molecule has 1 saturated heterocycles. The van der Waals surface area contributed by atoms with Gasteiger partial charge in [-0.15, -0.1) is 0 Å². The Balaban J connectivity index is 1.94. The monoisotopic (exact) mass is 360 g/mol. The Bertz CT molecular complexity index is 515. The van der Waals surface area contributed by atoms with Crippen LogP contribution in [0.2, 0.25) is 0 Å². The van der Waals surface area contributed by atoms with Crippen molar-refractivity contribution in [1.82, 2.24) is 4.90 Å². The minimum atomic E-state index is -0.485. The number of rotatable bonds is 4. The third-order valence-corrected chi connectivity index (χ3v) is 3.88. The van der Waals surface area contributed by atoms with Crippen LogP contribution in [0, 0.1) is 5.82 Å². The highest BCUT2D eigenvalue weighted by Gasteiger charge is 2.27. The van der Waals surface area contributed by atoms with Crippen LogP contribution in [0.15, 0.2) is 22.7 Å². The molecule has 7 heteroatoms. The van der Waals surface area contributed by atoms with Crippen molar-refractivity contribution in [1.29, 1.82) is 0 Å². The Morgan fingerprint density at radius 3 is 3.05 bits per heavy atom. The van der Waals surface area contributed by atoms with E-state index in [0.717, 1.165) is 0 Å². The molecule has 0 radical (unpaired) electrons. The summed E-state index contributed by atoms with van der Waals surface area (Å²) in [6.45, 7) is 2.95. The molecule has 1 amide bonds. The Labute approximate surface area is 131 Å². The normalized spacial score (nSPS) is 23.0. The number of amides is 1. The third kappa shape index (κ3) is 4.47. The Hall–Kier alpha value is -1.02. The second-order valence-corrected chi connectivity index (χ2v) is 6.00. The number of nitrogens with zero attached hydrogens (tertiary/aromatic N) is 1. The van der Waals surface area contributed by atoms with E-state index in [1.165, 1.54) is 12.1 Å². The van der Waals surface area contributed by atoms with Gasteiger partial charge in [-0.2, -0.15) is 0 Å². The standard InChI is InChI=1S/C14H18BrFN2O3/c1-9-8-21-11(7-19)5-18(9)6-14(20)17-13-3-2-10(15)4-12(13)16/h2-4,9,11,19H,5-8H2,1H3,(H,17,20). The fourth-order valence-corrected chi connectivity index (χ4v) is 2.50. The molecule has 1 fully saturated rings. The molecule has 1 aliphatic rings. The predicted octanol–water partition coefficient (Wildman–Crippen LogP) is 1.61. The number of carbonyl (C=O) groups excluding carboxylic acids is 1. The summed E-state index contributed by atoms with van der Waals surface area (Å²) in [5.41, 5.74) is 0.155. The average molecular weight is 361 g/mol. The van der Waals surface area contributed by atoms with Crippen LogP contribution < -0.4 is 5.32 Å². The molecule has 0 saturated carbocycles. The number of hydrogen-bond acceptors (Lipinski definition) is 4. The summed E-state index contributed by atoms with van der Waals surface area (Å²) in [6, 6.07) is 4.55. The van der Waals surface area contributed by atoms with E-state index in [9.17, 15) is 9.18 Å². The van der Waals surface area contributed by atoms with Gasteiger partial charge in [0.05, 0.1) is 31.5 Å². The highest BCUT2D eigenvalue weighted by atomic mass is 79.9. The molecule has 2 unspecified atom stereocenters. The number of aliphatic hydroxyl groups excluding tert-OH is 1. The van der Waals surface area contributed by atoms with Gasteiger partial charge >= 0.3 is 0 Å². The van der Waals surface area contributed by atoms with Gasteiger partial charge in [-0.25, -0.2) is 4.39 Å². The lowest BCUT2D eigenvalue weighted by molar-refractivity contribution is -0.122. The molecule has 1 aliphatic heterocycles. The molecule has 0 aliphatic carbocycles. The topological polar surface area (TPSA) is 61.8 Å². The number of ether oxygens (including phenoxy) is 1. The van der Waals surface area contributed by atoms with Gasteiger partial charge in [0.15, 0.2) is 0 Å². The van der Waals surface area contributed by atoms with Crippen LogP contribution in [-0.4, -0.2) is 54.4 Å². The smallest absolute Gasteiger partial charge is 0.238 e. The first-order valence-electron chi connectivity index (χ1n) is 6.71. The average Bonchev–Trinajstić information content (AvgIpc) is 2.44. The summed E-state index contributed by atoms with van der Waals surface area (Å²) in [4.78, 5) is 13.9. The SMILES string of the molecule is CC1COC(CO)CN1CC(=O)Nc1ccc(Br)cc1F. The van der Waals surface area contributed by atoms with Crippen molar-refractivity contribution in [2.24, 2.45) is 0 Å². The van der Waals surface area contributed by atoms with Crippen molar-refractivity contribution in [3.63, 3.8) is 0 Å². The van der Waals surface area contributed by atoms with Gasteiger partial charge in [0.1, 0.15) is 5.82 Å². The quantitative estimate of drug-likeness (QED) is 0.856. The largest absolute Gasteiger partial charge is 0.394 e. The molecule has 2 rings (SSSR count). The van der Waals surface area contributed by atoms with Crippen molar-refractivity contribution < 1.29 is 19.0 Å². The zero-order valence-corrected chi connectivity index (χ0v) is 13.3. The third-order valence-electron chi connectivity index (χ3n) is 3.39. The molecule has 21 heavy (non-hydrogen) atoms. The Morgan fingerprint density at radius 1 is 1.62 bits per heavy atom. The van der Waals surface area contributed by atoms with E-state index in [4.69, 9.17) is 9.84 Å². The summed E-state index contributed by atoms with van der Waals surface area (Å²) in [6.07, 6.45) is -0.279. The van der Waals surface area contributed by atoms with Gasteiger partial charge in [0.25, 0.3) is 0 Å². The van der Waals surface area contributed by atoms with Crippen LogP contribution in [0.3, 0.4) is 0 Å². The zero-order chi connectivity index (χ0) is 15.4. The molecule has 1 aromatic carbocycles. The van der Waals surface area contributed by atoms with Crippen LogP contribution in [0.4, 0.5) is 10.1 Å². The second kappa shape index (κ2) is 7.31. The van der Waals surface area contributed by atoms with E-state index in [1.54, 1.807) is 6.07 Å². The van der Waals surface area contributed by atoms with E-state index >= 15 is 0 Å². The molecule has 0 aromatic heterocycles. The Kier molecular flexibility index (Phi) is 5.69. The number of nitrogens with one attached hydrogen (secondary N) is 1. The number of halogens is 2. The number of morpholine rings is 1. The van der Waals surface area contributed by atoms with Crippen molar-refractivity contribution in [3.05, 3.63) is 28.5 Å². The highest BCUT2D eigenvalue weighted by molar-refractivity contribution is 9.10. The zero-order valence-electron chi connectivity index (χ0n) is 11.7. The van der Waals surface area contributed by atoms with Crippen molar-refractivity contribution in [3.8, 4) is 0 Å². The summed E-state index contributed by atoms with van der Waals surface area (Å²) >= 11 is 3.17. The molecule has 1 aromatic rings. The van der Waals surface area contributed by atoms with Crippen molar-refractivity contribution in [2.75, 3.05) is 31.6 Å². The fourth-order valence-electron chi connectivity index (χ4n) is 2.17. The van der Waals surface area contributed by atoms with Gasteiger partial charge in [-0.05, 0) is 25.1 Å². The summed E-state index contributed by atoms with van der Waals surface area (Å²) in [7, 11) is 0. The molecule has 2 N–H and O–H groups in total. The maximum atomic E-state index is 13.7. The van der Waals surface area contributed by atoms with Crippen LogP contribution in [0.1, 0.15) is 6.92 Å². The molecule has 2 atom stereocenters. The molecule has 0 bridgehead atoms. The highest BCUT2D eigenvalue weighted by Crippen LogP contribution is 2.19. The second-order valence-electron chi connectivity index (χ2n) is 5.09. The first-order chi connectivity index (χ1) is 9.99. The summed E-state index contributed by atoms with van der Waals surface area (Å²) < 4.78 is 19.7. The van der Waals surface area contributed by atoms with Crippen LogP contribution in [-0.2, 0) is 9.53 Å². The number of hydrogen-bond donors (Lipinski definition) is 2. The van der Waals surface area contributed by atoms with E-state index < -0.39 is 5.82 Å². The number of carbonyl (C=O) groups is 1. The lowest BCUT2D eigenvalue weighted by atomic mass is 10.2. The fraction of sp³-hybridized carbons (Fsp3) is 0.500. The molecular formula is C14H18BrFN2O3. The maximum absolute atomic E-state index is 13.7. The maximum Gasteiger partial charge on any atom is 0.238 e. The van der Waals surface area contributed by atoms with E-state index in [2.05, 4.69) is 21.2 Å². The minimum Gasteiger partial charge on any atom is -0.394 e. The van der Waals surface area contributed by atoms with Crippen LogP contribution in [0.25, 0.3) is 0 Å². The molecule has 5 nitrogen and oxygen atoms in total. The first-order valence-corrected chi connectivity index (χ1v) is 7.50. The molecule has 116 valence electrons. The number of anilines is 1. The van der Waals surface area contributed by atoms with Gasteiger partial charge < -0.3 is 15.2 Å². The molecule has 1 heterocycles. The minimum absolute atomic E-state index is 0.0771. The number of aliphatic hydroxyl groups is 1. The predicted molar refractivity (Wildman–Crippen MR) is 80.6 cm³/mol. The summed E-state index contributed by atoms with van der Waals surface area (Å²) in [5.74, 6) is -0.775. The lowest BCUT2D eigenvalue weighted by Crippen LogP contribution is -2.51. The van der Waals surface area contributed by atoms with Crippen LogP contribution >= 0.6 is 15.9 Å². The van der Waals surface area contributed by atoms with Gasteiger partial charge in [0, 0.05) is 17.1 Å². The van der Waals surface area contributed by atoms with Gasteiger partial charge in [-0.1, -0.05) is 15.9 Å². The van der Waals surface area contributed by atoms with E-state index in [-0.39, 0.29) is 36.9 Å². The first kappa shape index (κ1) is 16.4. The Morgan fingerprint density at radius 2 is 2.38 bits per heavy atom. The molecule has 0 spiro atoms. The lowest BCUT2D eigenvalue weighted by Gasteiger charge is -2.36.